The lowest BCUT2D eigenvalue weighted by molar-refractivity contribution is -0.274. The highest BCUT2D eigenvalue weighted by atomic mass is 32.2. The molecule has 0 saturated heterocycles. The molecule has 2 nitrogen and oxygen atoms in total. The molecule has 4 rings (SSSR count). The van der Waals surface area contributed by atoms with E-state index in [2.05, 4.69) is 33.9 Å². The average molecular weight is 374 g/mol. The van der Waals surface area contributed by atoms with Gasteiger partial charge in [-0.05, 0) is 48.5 Å². The van der Waals surface area contributed by atoms with Crippen LogP contribution in [-0.2, 0) is 10.9 Å². The van der Waals surface area contributed by atoms with Crippen molar-refractivity contribution >= 4 is 22.3 Å². The summed E-state index contributed by atoms with van der Waals surface area (Å²) in [5, 5.41) is 0. The lowest BCUT2D eigenvalue weighted by Crippen LogP contribution is -2.22. The SMILES string of the molecule is CN1c2ccccc2[S+](c2ccc(OC(F)(F)F)cc2)c2ccccc21. The van der Waals surface area contributed by atoms with Gasteiger partial charge in [-0.25, -0.2) is 0 Å². The molecule has 0 aromatic heterocycles. The van der Waals surface area contributed by atoms with Crippen LogP contribution in [0, 0.1) is 0 Å². The van der Waals surface area contributed by atoms with E-state index >= 15 is 0 Å². The van der Waals surface area contributed by atoms with Crippen molar-refractivity contribution < 1.29 is 17.9 Å². The molecule has 6 heteroatoms. The van der Waals surface area contributed by atoms with Crippen molar-refractivity contribution in [3.8, 4) is 5.75 Å². The summed E-state index contributed by atoms with van der Waals surface area (Å²) in [5.74, 6) is -0.208. The summed E-state index contributed by atoms with van der Waals surface area (Å²) in [4.78, 5) is 5.40. The van der Waals surface area contributed by atoms with Gasteiger partial charge in [-0.2, -0.15) is 0 Å². The molecule has 0 saturated carbocycles. The Hall–Kier alpha value is -2.60. The van der Waals surface area contributed by atoms with E-state index < -0.39 is 6.36 Å². The highest BCUT2D eigenvalue weighted by molar-refractivity contribution is 7.97. The summed E-state index contributed by atoms with van der Waals surface area (Å²) in [6, 6.07) is 22.4. The average Bonchev–Trinajstić information content (AvgIpc) is 2.62. The first-order valence-corrected chi connectivity index (χ1v) is 9.18. The van der Waals surface area contributed by atoms with E-state index in [0.717, 1.165) is 26.1 Å². The van der Waals surface area contributed by atoms with Crippen LogP contribution in [-0.4, -0.2) is 13.4 Å². The van der Waals surface area contributed by atoms with Gasteiger partial charge < -0.3 is 9.64 Å². The first-order chi connectivity index (χ1) is 12.4. The van der Waals surface area contributed by atoms with Crippen LogP contribution in [0.2, 0.25) is 0 Å². The van der Waals surface area contributed by atoms with Gasteiger partial charge in [0, 0.05) is 7.05 Å². The maximum absolute atomic E-state index is 12.4. The lowest BCUT2D eigenvalue weighted by Gasteiger charge is -2.28. The van der Waals surface area contributed by atoms with Crippen molar-refractivity contribution in [3.05, 3.63) is 72.8 Å². The third-order valence-electron chi connectivity index (χ3n) is 4.19. The predicted molar refractivity (Wildman–Crippen MR) is 96.2 cm³/mol. The summed E-state index contributed by atoms with van der Waals surface area (Å²) in [7, 11) is 1.64. The number of rotatable bonds is 2. The van der Waals surface area contributed by atoms with Gasteiger partial charge in [-0.15, -0.1) is 13.2 Å². The minimum atomic E-state index is -4.68. The molecule has 0 atom stereocenters. The first kappa shape index (κ1) is 16.8. The summed E-state index contributed by atoms with van der Waals surface area (Å²) < 4.78 is 41.2. The quantitative estimate of drug-likeness (QED) is 0.529. The Kier molecular flexibility index (Phi) is 4.07. The second-order valence-corrected chi connectivity index (χ2v) is 7.78. The van der Waals surface area contributed by atoms with Crippen molar-refractivity contribution in [3.63, 3.8) is 0 Å². The fraction of sp³-hybridized carbons (Fsp3) is 0.100. The monoisotopic (exact) mass is 374 g/mol. The van der Waals surface area contributed by atoms with Gasteiger partial charge in [0.15, 0.2) is 14.7 Å². The maximum Gasteiger partial charge on any atom is 0.573 e. The van der Waals surface area contributed by atoms with Gasteiger partial charge in [0.1, 0.15) is 16.6 Å². The molecule has 0 bridgehead atoms. The topological polar surface area (TPSA) is 12.5 Å². The van der Waals surface area contributed by atoms with E-state index in [-0.39, 0.29) is 16.6 Å². The number of anilines is 2. The summed E-state index contributed by atoms with van der Waals surface area (Å²) >= 11 is 0. The van der Waals surface area contributed by atoms with Crippen LogP contribution in [0.4, 0.5) is 24.5 Å². The Bertz CT molecular complexity index is 893. The third kappa shape index (κ3) is 3.01. The number of alkyl halides is 3. The second-order valence-electron chi connectivity index (χ2n) is 5.82. The number of nitrogens with zero attached hydrogens (tertiary/aromatic N) is 1. The Morgan fingerprint density at radius 3 is 1.77 bits per heavy atom. The molecule has 0 aliphatic carbocycles. The number of para-hydroxylation sites is 2. The molecule has 3 aromatic rings. The highest BCUT2D eigenvalue weighted by Gasteiger charge is 2.39. The fourth-order valence-corrected chi connectivity index (χ4v) is 5.50. The van der Waals surface area contributed by atoms with Crippen molar-refractivity contribution in [2.45, 2.75) is 21.0 Å². The van der Waals surface area contributed by atoms with Crippen LogP contribution in [0.5, 0.6) is 5.75 Å². The van der Waals surface area contributed by atoms with Crippen molar-refractivity contribution in [1.29, 1.82) is 0 Å². The Morgan fingerprint density at radius 1 is 0.769 bits per heavy atom. The minimum absolute atomic E-state index is 0.208. The molecule has 1 aliphatic heterocycles. The normalized spacial score (nSPS) is 13.9. The fourth-order valence-electron chi connectivity index (χ4n) is 3.09. The molecule has 3 aromatic carbocycles. The Labute approximate surface area is 152 Å². The molecule has 26 heavy (non-hydrogen) atoms. The van der Waals surface area contributed by atoms with E-state index in [0.29, 0.717) is 0 Å². The number of halogens is 3. The third-order valence-corrected chi connectivity index (χ3v) is 6.50. The first-order valence-electron chi connectivity index (χ1n) is 7.96. The summed E-state index contributed by atoms with van der Waals surface area (Å²) in [6.45, 7) is 0. The predicted octanol–water partition coefficient (Wildman–Crippen LogP) is 5.76. The van der Waals surface area contributed by atoms with E-state index in [1.54, 1.807) is 12.1 Å². The number of ether oxygens (including phenoxy) is 1. The number of benzene rings is 3. The van der Waals surface area contributed by atoms with Gasteiger partial charge in [0.2, 0.25) is 0 Å². The molecule has 1 aliphatic rings. The zero-order valence-electron chi connectivity index (χ0n) is 13.8. The number of hydrogen-bond acceptors (Lipinski definition) is 2. The van der Waals surface area contributed by atoms with E-state index in [1.807, 2.05) is 31.3 Å². The number of fused-ring (bicyclic) bond motifs is 2. The zero-order valence-corrected chi connectivity index (χ0v) is 14.6. The van der Waals surface area contributed by atoms with Gasteiger partial charge in [0.25, 0.3) is 0 Å². The van der Waals surface area contributed by atoms with E-state index in [1.165, 1.54) is 12.1 Å². The van der Waals surface area contributed by atoms with Crippen LogP contribution in [0.1, 0.15) is 0 Å². The molecule has 0 amide bonds. The molecular weight excluding hydrogens is 359 g/mol. The molecule has 0 unspecified atom stereocenters. The van der Waals surface area contributed by atoms with Gasteiger partial charge in [0.05, 0.1) is 11.4 Å². The second kappa shape index (κ2) is 6.29. The van der Waals surface area contributed by atoms with E-state index in [9.17, 15) is 13.2 Å². The molecule has 0 fully saturated rings. The van der Waals surface area contributed by atoms with Crippen LogP contribution < -0.4 is 9.64 Å². The van der Waals surface area contributed by atoms with Crippen molar-refractivity contribution in [2.24, 2.45) is 0 Å². The van der Waals surface area contributed by atoms with Crippen molar-refractivity contribution in [2.75, 3.05) is 11.9 Å². The molecule has 132 valence electrons. The maximum atomic E-state index is 12.4. The minimum Gasteiger partial charge on any atom is -0.406 e. The van der Waals surface area contributed by atoms with Gasteiger partial charge in [-0.1, -0.05) is 24.3 Å². The molecule has 0 spiro atoms. The molecule has 0 radical (unpaired) electrons. The smallest absolute Gasteiger partial charge is 0.406 e. The van der Waals surface area contributed by atoms with Gasteiger partial charge in [-0.3, -0.25) is 0 Å². The van der Waals surface area contributed by atoms with Crippen LogP contribution in [0.3, 0.4) is 0 Å². The molecule has 0 N–H and O–H groups in total. The zero-order chi connectivity index (χ0) is 18.3. The standard InChI is InChI=1S/C20H15F3NOS/c1-24-16-6-2-4-8-18(16)26(19-9-5-3-7-17(19)24)15-12-10-14(11-13-15)25-20(21,22)23/h2-13H,1H3/q+1. The van der Waals surface area contributed by atoms with Gasteiger partial charge >= 0.3 is 6.36 Å². The molecular formula is C20H15F3NOS+. The summed E-state index contributed by atoms with van der Waals surface area (Å²) in [6.07, 6.45) is -4.68. The van der Waals surface area contributed by atoms with Crippen LogP contribution in [0.15, 0.2) is 87.5 Å². The van der Waals surface area contributed by atoms with E-state index in [4.69, 9.17) is 0 Å². The van der Waals surface area contributed by atoms with Crippen LogP contribution in [0.25, 0.3) is 0 Å². The largest absolute Gasteiger partial charge is 0.573 e. The Balaban J connectivity index is 1.81. The Morgan fingerprint density at radius 2 is 1.27 bits per heavy atom. The highest BCUT2D eigenvalue weighted by Crippen LogP contribution is 2.47. The van der Waals surface area contributed by atoms with Crippen LogP contribution >= 0.6 is 0 Å². The lowest BCUT2D eigenvalue weighted by atomic mass is 10.2. The summed E-state index contributed by atoms with van der Waals surface area (Å²) in [5.41, 5.74) is 2.20. The molecule has 1 heterocycles. The number of hydrogen-bond donors (Lipinski definition) is 0. The van der Waals surface area contributed by atoms with Crippen molar-refractivity contribution in [1.82, 2.24) is 0 Å².